The SMILES string of the molecule is N=[N+]=Nc1ccc(CCCC(=O)N(CC(=O)NC(CCC(=O)O)C(=O)O)OCc2ccccc2)cc1. The number of hydrogen-bond donors (Lipinski definition) is 4. The van der Waals surface area contributed by atoms with Gasteiger partial charge in [-0.15, -0.1) is 0 Å². The summed E-state index contributed by atoms with van der Waals surface area (Å²) in [4.78, 5) is 56.0. The van der Waals surface area contributed by atoms with E-state index >= 15 is 0 Å². The molecule has 0 aliphatic heterocycles. The van der Waals surface area contributed by atoms with Crippen molar-refractivity contribution in [3.63, 3.8) is 0 Å². The molecular weight excluding hydrogens is 470 g/mol. The molecule has 0 spiro atoms. The Kier molecular flexibility index (Phi) is 11.4. The standard InChI is InChI=1S/C24H27N5O7/c25-28-27-19-11-9-17(10-12-19)7-4-8-22(31)29(36-16-18-5-2-1-3-6-18)15-21(30)26-20(24(34)35)13-14-23(32)33/h1-3,5-6,9-12,20,25H,4,7-8,13-16H2,(H2-,26,30,32,33,34,35)/p+1. The van der Waals surface area contributed by atoms with E-state index in [1.165, 1.54) is 0 Å². The number of carboxylic acids is 2. The summed E-state index contributed by atoms with van der Waals surface area (Å²) in [6.07, 6.45) is 0.368. The molecule has 0 heterocycles. The molecule has 0 radical (unpaired) electrons. The van der Waals surface area contributed by atoms with Crippen molar-refractivity contribution in [1.29, 1.82) is 5.53 Å². The molecule has 4 N–H and O–H groups in total. The molecule has 1 unspecified atom stereocenters. The molecule has 12 nitrogen and oxygen atoms in total. The molecule has 0 aliphatic rings. The Labute approximate surface area is 207 Å². The zero-order valence-corrected chi connectivity index (χ0v) is 19.5. The van der Waals surface area contributed by atoms with Crippen molar-refractivity contribution in [2.24, 2.45) is 5.11 Å². The number of carboxylic acid groups (broad SMARTS) is 2. The topological polar surface area (TPSA) is 184 Å². The average Bonchev–Trinajstić information content (AvgIpc) is 2.85. The van der Waals surface area contributed by atoms with Crippen LogP contribution in [0.4, 0.5) is 5.69 Å². The van der Waals surface area contributed by atoms with Crippen LogP contribution in [0.5, 0.6) is 0 Å². The van der Waals surface area contributed by atoms with E-state index in [1.54, 1.807) is 36.4 Å². The van der Waals surface area contributed by atoms with Gasteiger partial charge in [-0.1, -0.05) is 42.5 Å². The van der Waals surface area contributed by atoms with Gasteiger partial charge in [0, 0.05) is 12.8 Å². The molecule has 0 bridgehead atoms. The molecule has 0 aromatic heterocycles. The van der Waals surface area contributed by atoms with Gasteiger partial charge in [-0.05, 0) is 42.5 Å². The zero-order chi connectivity index (χ0) is 26.3. The van der Waals surface area contributed by atoms with Crippen LogP contribution >= 0.6 is 0 Å². The number of hydroxylamine groups is 2. The summed E-state index contributed by atoms with van der Waals surface area (Å²) in [5.41, 5.74) is 9.01. The predicted octanol–water partition coefficient (Wildman–Crippen LogP) is 2.59. The second-order valence-corrected chi connectivity index (χ2v) is 7.80. The molecule has 12 heteroatoms. The zero-order valence-electron chi connectivity index (χ0n) is 19.5. The predicted molar refractivity (Wildman–Crippen MR) is 126 cm³/mol. The summed E-state index contributed by atoms with van der Waals surface area (Å²) in [6.45, 7) is -0.525. The lowest BCUT2D eigenvalue weighted by atomic mass is 10.1. The third-order valence-corrected chi connectivity index (χ3v) is 5.03. The van der Waals surface area contributed by atoms with Gasteiger partial charge in [0.1, 0.15) is 24.7 Å². The minimum atomic E-state index is -1.41. The van der Waals surface area contributed by atoms with Crippen molar-refractivity contribution in [2.45, 2.75) is 44.8 Å². The maximum Gasteiger partial charge on any atom is 0.326 e. The number of nitrogens with zero attached hydrogens (tertiary/aromatic N) is 3. The Morgan fingerprint density at radius 3 is 2.31 bits per heavy atom. The number of hydrogen-bond acceptors (Lipinski definition) is 7. The average molecular weight is 499 g/mol. The lowest BCUT2D eigenvalue weighted by molar-refractivity contribution is -0.193. The van der Waals surface area contributed by atoms with E-state index in [-0.39, 0.29) is 19.4 Å². The Balaban J connectivity index is 1.98. The van der Waals surface area contributed by atoms with Crippen LogP contribution in [0.15, 0.2) is 59.7 Å². The lowest BCUT2D eigenvalue weighted by Gasteiger charge is -2.23. The highest BCUT2D eigenvalue weighted by Gasteiger charge is 2.24. The van der Waals surface area contributed by atoms with Crippen LogP contribution in [0.25, 0.3) is 0 Å². The van der Waals surface area contributed by atoms with E-state index < -0.39 is 42.8 Å². The number of aryl methyl sites for hydroxylation is 1. The molecular formula is C24H28N5O7+. The molecule has 0 aliphatic carbocycles. The van der Waals surface area contributed by atoms with Gasteiger partial charge < -0.3 is 15.5 Å². The molecule has 0 saturated heterocycles. The van der Waals surface area contributed by atoms with Gasteiger partial charge in [0.2, 0.25) is 16.7 Å². The number of carbonyl (C=O) groups is 4. The fourth-order valence-electron chi connectivity index (χ4n) is 3.18. The van der Waals surface area contributed by atoms with E-state index in [2.05, 4.69) is 15.3 Å². The van der Waals surface area contributed by atoms with Crippen molar-refractivity contribution in [2.75, 3.05) is 6.54 Å². The van der Waals surface area contributed by atoms with Crippen molar-refractivity contribution < 1.29 is 34.2 Å². The largest absolute Gasteiger partial charge is 0.481 e. The van der Waals surface area contributed by atoms with Gasteiger partial charge in [0.05, 0.1) is 0 Å². The van der Waals surface area contributed by atoms with E-state index in [1.807, 2.05) is 18.2 Å². The number of carbonyl (C=O) groups excluding carboxylic acids is 2. The van der Waals surface area contributed by atoms with Crippen LogP contribution in [0.3, 0.4) is 0 Å². The maximum absolute atomic E-state index is 12.8. The van der Waals surface area contributed by atoms with Crippen molar-refractivity contribution in [1.82, 2.24) is 15.3 Å². The minimum Gasteiger partial charge on any atom is -0.481 e. The van der Waals surface area contributed by atoms with Gasteiger partial charge in [0.15, 0.2) is 10.8 Å². The summed E-state index contributed by atoms with van der Waals surface area (Å²) in [6, 6.07) is 14.6. The summed E-state index contributed by atoms with van der Waals surface area (Å²) < 4.78 is 0. The number of nitrogens with one attached hydrogen (secondary N) is 2. The second kappa shape index (κ2) is 14.8. The minimum absolute atomic E-state index is 0.0211. The highest BCUT2D eigenvalue weighted by atomic mass is 16.7. The van der Waals surface area contributed by atoms with Crippen LogP contribution < -0.4 is 10.2 Å². The third-order valence-electron chi connectivity index (χ3n) is 5.03. The quantitative estimate of drug-likeness (QED) is 0.165. The number of rotatable bonds is 15. The smallest absolute Gasteiger partial charge is 0.326 e. The first-order valence-electron chi connectivity index (χ1n) is 11.2. The normalized spacial score (nSPS) is 11.1. The van der Waals surface area contributed by atoms with Gasteiger partial charge in [-0.3, -0.25) is 19.2 Å². The molecule has 190 valence electrons. The summed E-state index contributed by atoms with van der Waals surface area (Å²) in [5, 5.41) is 24.8. The molecule has 2 amide bonds. The summed E-state index contributed by atoms with van der Waals surface area (Å²) >= 11 is 0. The highest BCUT2D eigenvalue weighted by Crippen LogP contribution is 2.14. The van der Waals surface area contributed by atoms with Gasteiger partial charge in [-0.2, -0.15) is 0 Å². The van der Waals surface area contributed by atoms with Crippen LogP contribution in [-0.4, -0.2) is 51.6 Å². The molecule has 0 fully saturated rings. The van der Waals surface area contributed by atoms with E-state index in [4.69, 9.17) is 15.5 Å². The molecule has 0 saturated carbocycles. The molecule has 2 aromatic rings. The van der Waals surface area contributed by atoms with E-state index in [0.29, 0.717) is 18.5 Å². The van der Waals surface area contributed by atoms with Gasteiger partial charge >= 0.3 is 11.9 Å². The van der Waals surface area contributed by atoms with Gasteiger partial charge in [0.25, 0.3) is 0 Å². The molecule has 36 heavy (non-hydrogen) atoms. The number of aliphatic carboxylic acids is 2. The Hall–Kier alpha value is -4.41. The van der Waals surface area contributed by atoms with Gasteiger partial charge in [-0.25, -0.2) is 9.86 Å². The fourth-order valence-corrected chi connectivity index (χ4v) is 3.18. The Morgan fingerprint density at radius 2 is 1.69 bits per heavy atom. The first-order valence-corrected chi connectivity index (χ1v) is 11.2. The van der Waals surface area contributed by atoms with Crippen molar-refractivity contribution >= 4 is 29.4 Å². The second-order valence-electron chi connectivity index (χ2n) is 7.80. The van der Waals surface area contributed by atoms with Crippen LogP contribution in [-0.2, 0) is 37.0 Å². The number of benzene rings is 2. The fraction of sp³-hybridized carbons (Fsp3) is 0.333. The summed E-state index contributed by atoms with van der Waals surface area (Å²) in [5.74, 6) is -3.80. The summed E-state index contributed by atoms with van der Waals surface area (Å²) in [7, 11) is 0. The van der Waals surface area contributed by atoms with Crippen LogP contribution in [0, 0.1) is 5.53 Å². The first-order chi connectivity index (χ1) is 17.3. The Morgan fingerprint density at radius 1 is 1.00 bits per heavy atom. The van der Waals surface area contributed by atoms with Crippen LogP contribution in [0.1, 0.15) is 36.8 Å². The van der Waals surface area contributed by atoms with Crippen LogP contribution in [0.2, 0.25) is 0 Å². The Bertz CT molecular complexity index is 1090. The van der Waals surface area contributed by atoms with Crippen molar-refractivity contribution in [3.05, 3.63) is 65.7 Å². The van der Waals surface area contributed by atoms with E-state index in [0.717, 1.165) is 16.2 Å². The van der Waals surface area contributed by atoms with E-state index in [9.17, 15) is 24.3 Å². The monoisotopic (exact) mass is 498 g/mol. The molecule has 2 rings (SSSR count). The first kappa shape index (κ1) is 27.8. The highest BCUT2D eigenvalue weighted by molar-refractivity contribution is 5.87. The molecule has 2 aromatic carbocycles. The maximum atomic E-state index is 12.8. The van der Waals surface area contributed by atoms with Crippen molar-refractivity contribution in [3.8, 4) is 0 Å². The third kappa shape index (κ3) is 10.2. The molecule has 1 atom stereocenters. The lowest BCUT2D eigenvalue weighted by Crippen LogP contribution is -2.47. The number of amides is 2.